The van der Waals surface area contributed by atoms with Crippen LogP contribution in [0.5, 0.6) is 0 Å². The number of rotatable bonds is 4. The zero-order valence-electron chi connectivity index (χ0n) is 17.2. The Hall–Kier alpha value is -2.40. The number of anilines is 2. The average Bonchev–Trinajstić information content (AvgIpc) is 3.23. The van der Waals surface area contributed by atoms with Crippen molar-refractivity contribution in [1.82, 2.24) is 4.98 Å². The van der Waals surface area contributed by atoms with E-state index in [1.54, 1.807) is 0 Å². The minimum atomic E-state index is 0.168. The standard InChI is InChI=1S/C24H30N4O/c29-23(17-27-13-15-28(16-14-27)18-7-2-1-3-8-18)26-24-19-9-4-5-11-21(19)25-22-12-6-10-20(22)24/h1-3,7-8H,4-6,9-17H2,(H,25,26,29)/p+1. The number of pyridine rings is 1. The lowest BCUT2D eigenvalue weighted by Gasteiger charge is -2.33. The molecule has 1 aliphatic heterocycles. The Labute approximate surface area is 173 Å². The monoisotopic (exact) mass is 391 g/mol. The van der Waals surface area contributed by atoms with Gasteiger partial charge in [0.2, 0.25) is 0 Å². The summed E-state index contributed by atoms with van der Waals surface area (Å²) in [5.41, 5.74) is 7.56. The Morgan fingerprint density at radius 1 is 0.931 bits per heavy atom. The fourth-order valence-electron chi connectivity index (χ4n) is 5.21. The highest BCUT2D eigenvalue weighted by Crippen LogP contribution is 2.35. The maximum atomic E-state index is 13.0. The first-order valence-electron chi connectivity index (χ1n) is 11.2. The normalized spacial score (nSPS) is 19.0. The van der Waals surface area contributed by atoms with Gasteiger partial charge in [-0.15, -0.1) is 0 Å². The van der Waals surface area contributed by atoms with Gasteiger partial charge >= 0.3 is 0 Å². The van der Waals surface area contributed by atoms with E-state index >= 15 is 0 Å². The molecule has 0 atom stereocenters. The zero-order valence-corrected chi connectivity index (χ0v) is 17.2. The third kappa shape index (κ3) is 3.88. The van der Waals surface area contributed by atoms with Crippen molar-refractivity contribution in [3.05, 3.63) is 52.8 Å². The number of piperazine rings is 1. The van der Waals surface area contributed by atoms with Crippen LogP contribution in [0.25, 0.3) is 0 Å². The summed E-state index contributed by atoms with van der Waals surface area (Å²) in [6.07, 6.45) is 7.86. The molecule has 1 amide bonds. The number of hydrogen-bond acceptors (Lipinski definition) is 3. The van der Waals surface area contributed by atoms with E-state index in [0.29, 0.717) is 6.54 Å². The molecular weight excluding hydrogens is 360 g/mol. The van der Waals surface area contributed by atoms with E-state index in [1.165, 1.54) is 52.4 Å². The van der Waals surface area contributed by atoms with Crippen molar-refractivity contribution in [3.63, 3.8) is 0 Å². The third-order valence-electron chi connectivity index (χ3n) is 6.77. The van der Waals surface area contributed by atoms with Crippen molar-refractivity contribution in [3.8, 4) is 0 Å². The number of nitrogens with one attached hydrogen (secondary N) is 2. The summed E-state index contributed by atoms with van der Waals surface area (Å²) in [4.78, 5) is 21.7. The van der Waals surface area contributed by atoms with Crippen LogP contribution in [0.1, 0.15) is 41.8 Å². The van der Waals surface area contributed by atoms with Crippen LogP contribution in [0.2, 0.25) is 0 Å². The number of benzene rings is 1. The minimum Gasteiger partial charge on any atom is -0.360 e. The van der Waals surface area contributed by atoms with Gasteiger partial charge in [-0.2, -0.15) is 0 Å². The largest absolute Gasteiger partial charge is 0.360 e. The minimum absolute atomic E-state index is 0.168. The first-order valence-corrected chi connectivity index (χ1v) is 11.2. The summed E-state index contributed by atoms with van der Waals surface area (Å²) in [5.74, 6) is 0.168. The summed E-state index contributed by atoms with van der Waals surface area (Å²) in [6, 6.07) is 10.6. The van der Waals surface area contributed by atoms with Gasteiger partial charge in [0, 0.05) is 17.1 Å². The van der Waals surface area contributed by atoms with Crippen molar-refractivity contribution in [2.24, 2.45) is 0 Å². The Kier molecular flexibility index (Phi) is 5.23. The van der Waals surface area contributed by atoms with E-state index in [1.807, 2.05) is 0 Å². The molecule has 1 aromatic carbocycles. The van der Waals surface area contributed by atoms with Gasteiger partial charge in [0.1, 0.15) is 0 Å². The number of carbonyl (C=O) groups excluding carboxylic acids is 1. The topological polar surface area (TPSA) is 49.7 Å². The molecule has 2 aliphatic carbocycles. The molecule has 1 aromatic heterocycles. The van der Waals surface area contributed by atoms with Gasteiger partial charge in [0.15, 0.2) is 6.54 Å². The molecule has 0 radical (unpaired) electrons. The summed E-state index contributed by atoms with van der Waals surface area (Å²) in [5, 5.41) is 3.35. The molecule has 0 bridgehead atoms. The molecule has 1 fully saturated rings. The predicted molar refractivity (Wildman–Crippen MR) is 116 cm³/mol. The maximum Gasteiger partial charge on any atom is 0.279 e. The molecule has 29 heavy (non-hydrogen) atoms. The maximum absolute atomic E-state index is 13.0. The van der Waals surface area contributed by atoms with Crippen LogP contribution >= 0.6 is 0 Å². The Bertz CT molecular complexity index is 887. The Morgan fingerprint density at radius 3 is 2.34 bits per heavy atom. The molecule has 5 heteroatoms. The van der Waals surface area contributed by atoms with Crippen LogP contribution in [0, 0.1) is 0 Å². The van der Waals surface area contributed by atoms with Gasteiger partial charge in [-0.25, -0.2) is 0 Å². The molecule has 2 heterocycles. The SMILES string of the molecule is O=C(C[NH+]1CCN(c2ccccc2)CC1)Nc1c2c(nc3c1CCC3)CCCC2. The van der Waals surface area contributed by atoms with Crippen LogP contribution in [0.3, 0.4) is 0 Å². The van der Waals surface area contributed by atoms with E-state index < -0.39 is 0 Å². The third-order valence-corrected chi connectivity index (χ3v) is 6.77. The quantitative estimate of drug-likeness (QED) is 0.836. The number of quaternary nitrogens is 1. The lowest BCUT2D eigenvalue weighted by Crippen LogP contribution is -3.15. The van der Waals surface area contributed by atoms with Crippen LogP contribution in [-0.4, -0.2) is 43.6 Å². The van der Waals surface area contributed by atoms with Crippen LogP contribution in [0.15, 0.2) is 30.3 Å². The summed E-state index contributed by atoms with van der Waals surface area (Å²) >= 11 is 0. The number of fused-ring (bicyclic) bond motifs is 2. The number of para-hydroxylation sites is 1. The van der Waals surface area contributed by atoms with E-state index in [2.05, 4.69) is 40.5 Å². The second-order valence-corrected chi connectivity index (χ2v) is 8.70. The van der Waals surface area contributed by atoms with Gasteiger partial charge in [-0.1, -0.05) is 18.2 Å². The molecule has 5 nitrogen and oxygen atoms in total. The molecule has 0 unspecified atom stereocenters. The highest BCUT2D eigenvalue weighted by atomic mass is 16.2. The van der Waals surface area contributed by atoms with Crippen molar-refractivity contribution < 1.29 is 9.69 Å². The van der Waals surface area contributed by atoms with Gasteiger partial charge in [-0.05, 0) is 68.2 Å². The highest BCUT2D eigenvalue weighted by Gasteiger charge is 2.27. The molecule has 2 aromatic rings. The number of amides is 1. The molecule has 2 N–H and O–H groups in total. The van der Waals surface area contributed by atoms with Gasteiger partial charge in [-0.3, -0.25) is 9.78 Å². The van der Waals surface area contributed by atoms with Gasteiger partial charge in [0.05, 0.1) is 31.9 Å². The summed E-state index contributed by atoms with van der Waals surface area (Å²) < 4.78 is 0. The molecular formula is C24H31N4O+. The van der Waals surface area contributed by atoms with Crippen LogP contribution in [0.4, 0.5) is 11.4 Å². The van der Waals surface area contributed by atoms with E-state index in [0.717, 1.165) is 57.5 Å². The number of aryl methyl sites for hydroxylation is 2. The first-order chi connectivity index (χ1) is 14.3. The van der Waals surface area contributed by atoms with E-state index in [9.17, 15) is 4.79 Å². The molecule has 152 valence electrons. The number of hydrogen-bond donors (Lipinski definition) is 2. The average molecular weight is 392 g/mol. The Balaban J connectivity index is 1.24. The van der Waals surface area contributed by atoms with Crippen LogP contribution < -0.4 is 15.1 Å². The van der Waals surface area contributed by atoms with Crippen LogP contribution in [-0.2, 0) is 30.5 Å². The molecule has 0 saturated carbocycles. The summed E-state index contributed by atoms with van der Waals surface area (Å²) in [6.45, 7) is 4.59. The highest BCUT2D eigenvalue weighted by molar-refractivity contribution is 5.93. The van der Waals surface area contributed by atoms with Crippen molar-refractivity contribution in [2.75, 3.05) is 42.9 Å². The smallest absolute Gasteiger partial charge is 0.279 e. The lowest BCUT2D eigenvalue weighted by molar-refractivity contribution is -0.892. The molecule has 1 saturated heterocycles. The zero-order chi connectivity index (χ0) is 19.6. The van der Waals surface area contributed by atoms with E-state index in [4.69, 9.17) is 4.98 Å². The lowest BCUT2D eigenvalue weighted by atomic mass is 9.92. The molecule has 0 spiro atoms. The van der Waals surface area contributed by atoms with Crippen molar-refractivity contribution in [1.29, 1.82) is 0 Å². The van der Waals surface area contributed by atoms with Gasteiger partial charge in [0.25, 0.3) is 5.91 Å². The fraction of sp³-hybridized carbons (Fsp3) is 0.500. The van der Waals surface area contributed by atoms with Crippen molar-refractivity contribution in [2.45, 2.75) is 44.9 Å². The fourth-order valence-corrected chi connectivity index (χ4v) is 5.21. The first kappa shape index (κ1) is 18.6. The van der Waals surface area contributed by atoms with Gasteiger partial charge < -0.3 is 15.1 Å². The Morgan fingerprint density at radius 2 is 1.59 bits per heavy atom. The van der Waals surface area contributed by atoms with Crippen molar-refractivity contribution >= 4 is 17.3 Å². The van der Waals surface area contributed by atoms with E-state index in [-0.39, 0.29) is 5.91 Å². The second-order valence-electron chi connectivity index (χ2n) is 8.70. The molecule has 5 rings (SSSR count). The number of carbonyl (C=O) groups is 1. The number of aromatic nitrogens is 1. The second kappa shape index (κ2) is 8.15. The number of nitrogens with zero attached hydrogens (tertiary/aromatic N) is 2. The molecule has 3 aliphatic rings. The summed E-state index contributed by atoms with van der Waals surface area (Å²) in [7, 11) is 0. The predicted octanol–water partition coefficient (Wildman–Crippen LogP) is 1.79.